The van der Waals surface area contributed by atoms with Crippen LogP contribution in [0.15, 0.2) is 42.5 Å². The zero-order valence-electron chi connectivity index (χ0n) is 10.9. The Labute approximate surface area is 118 Å². The highest BCUT2D eigenvalue weighted by molar-refractivity contribution is 6.30. The maximum absolute atomic E-state index is 5.85. The normalized spacial score (nSPS) is 10.7. The van der Waals surface area contributed by atoms with Crippen molar-refractivity contribution < 1.29 is 9.47 Å². The van der Waals surface area contributed by atoms with E-state index in [4.69, 9.17) is 21.1 Å². The molecule has 2 rings (SSSR count). The molecule has 0 radical (unpaired) electrons. The maximum atomic E-state index is 5.85. The fourth-order valence-corrected chi connectivity index (χ4v) is 1.82. The molecule has 2 aromatic carbocycles. The van der Waals surface area contributed by atoms with Crippen LogP contribution in [0.3, 0.4) is 0 Å². The van der Waals surface area contributed by atoms with E-state index < -0.39 is 0 Å². The monoisotopic (exact) mass is 274 g/mol. The van der Waals surface area contributed by atoms with E-state index in [0.717, 1.165) is 27.6 Å². The fraction of sp³-hybridized carbons (Fsp3) is 0.125. The van der Waals surface area contributed by atoms with Crippen LogP contribution in [0.2, 0.25) is 5.02 Å². The molecule has 19 heavy (non-hydrogen) atoms. The van der Waals surface area contributed by atoms with Gasteiger partial charge in [0.2, 0.25) is 0 Å². The number of benzene rings is 2. The summed E-state index contributed by atoms with van der Waals surface area (Å²) in [5.41, 5.74) is 2.11. The van der Waals surface area contributed by atoms with Crippen LogP contribution >= 0.6 is 11.6 Å². The van der Waals surface area contributed by atoms with Gasteiger partial charge >= 0.3 is 0 Å². The van der Waals surface area contributed by atoms with Crippen molar-refractivity contribution in [1.29, 1.82) is 0 Å². The third-order valence-corrected chi connectivity index (χ3v) is 2.96. The van der Waals surface area contributed by atoms with Crippen LogP contribution in [0, 0.1) is 0 Å². The van der Waals surface area contributed by atoms with Crippen molar-refractivity contribution in [1.82, 2.24) is 0 Å². The molecule has 0 bridgehead atoms. The van der Waals surface area contributed by atoms with E-state index >= 15 is 0 Å². The average molecular weight is 275 g/mol. The lowest BCUT2D eigenvalue weighted by molar-refractivity contribution is 0.394. The molecule has 0 saturated carbocycles. The van der Waals surface area contributed by atoms with Crippen molar-refractivity contribution in [2.45, 2.75) is 0 Å². The second-order valence-corrected chi connectivity index (χ2v) is 4.47. The van der Waals surface area contributed by atoms with Gasteiger partial charge in [-0.3, -0.25) is 0 Å². The molecule has 0 aromatic heterocycles. The summed E-state index contributed by atoms with van der Waals surface area (Å²) in [5, 5.41) is 0.736. The van der Waals surface area contributed by atoms with E-state index in [1.54, 1.807) is 14.2 Å². The summed E-state index contributed by atoms with van der Waals surface area (Å²) in [7, 11) is 3.28. The van der Waals surface area contributed by atoms with Crippen LogP contribution in [0.25, 0.3) is 12.2 Å². The predicted octanol–water partition coefficient (Wildman–Crippen LogP) is 4.53. The lowest BCUT2D eigenvalue weighted by Crippen LogP contribution is -1.88. The quantitative estimate of drug-likeness (QED) is 0.763. The van der Waals surface area contributed by atoms with Gasteiger partial charge in [-0.1, -0.05) is 35.9 Å². The molecule has 98 valence electrons. The highest BCUT2D eigenvalue weighted by Gasteiger charge is 1.99. The third kappa shape index (κ3) is 3.76. The Morgan fingerprint density at radius 2 is 1.32 bits per heavy atom. The molecular formula is C16H15ClO2. The zero-order valence-corrected chi connectivity index (χ0v) is 11.6. The fourth-order valence-electron chi connectivity index (χ4n) is 1.69. The second kappa shape index (κ2) is 6.30. The Hall–Kier alpha value is -1.93. The summed E-state index contributed by atoms with van der Waals surface area (Å²) in [4.78, 5) is 0. The van der Waals surface area contributed by atoms with Crippen molar-refractivity contribution in [2.24, 2.45) is 0 Å². The van der Waals surface area contributed by atoms with Gasteiger partial charge in [0.15, 0.2) is 0 Å². The van der Waals surface area contributed by atoms with Crippen molar-refractivity contribution in [3.05, 3.63) is 58.6 Å². The van der Waals surface area contributed by atoms with Crippen molar-refractivity contribution in [2.75, 3.05) is 14.2 Å². The van der Waals surface area contributed by atoms with Gasteiger partial charge < -0.3 is 9.47 Å². The van der Waals surface area contributed by atoms with E-state index in [2.05, 4.69) is 0 Å². The maximum Gasteiger partial charge on any atom is 0.123 e. The molecule has 0 spiro atoms. The first kappa shape index (κ1) is 13.5. The minimum atomic E-state index is 0.736. The van der Waals surface area contributed by atoms with E-state index in [1.807, 2.05) is 54.6 Å². The molecule has 3 heteroatoms. The zero-order chi connectivity index (χ0) is 13.7. The molecule has 0 aliphatic carbocycles. The smallest absolute Gasteiger partial charge is 0.123 e. The van der Waals surface area contributed by atoms with Gasteiger partial charge in [-0.15, -0.1) is 0 Å². The van der Waals surface area contributed by atoms with Crippen LogP contribution in [-0.4, -0.2) is 14.2 Å². The molecule has 0 fully saturated rings. The predicted molar refractivity (Wildman–Crippen MR) is 79.9 cm³/mol. The highest BCUT2D eigenvalue weighted by atomic mass is 35.5. The van der Waals surface area contributed by atoms with Gasteiger partial charge in [0.25, 0.3) is 0 Å². The summed E-state index contributed by atoms with van der Waals surface area (Å²) < 4.78 is 10.5. The number of rotatable bonds is 4. The molecule has 0 saturated heterocycles. The first-order chi connectivity index (χ1) is 9.21. The van der Waals surface area contributed by atoms with Crippen molar-refractivity contribution in [3.8, 4) is 11.5 Å². The first-order valence-corrected chi connectivity index (χ1v) is 6.26. The topological polar surface area (TPSA) is 18.5 Å². The van der Waals surface area contributed by atoms with Gasteiger partial charge in [-0.2, -0.15) is 0 Å². The average Bonchev–Trinajstić information content (AvgIpc) is 2.46. The molecule has 0 amide bonds. The first-order valence-electron chi connectivity index (χ1n) is 5.88. The summed E-state index contributed by atoms with van der Waals surface area (Å²) in [6, 6.07) is 13.4. The Morgan fingerprint density at radius 3 is 1.84 bits per heavy atom. The SMILES string of the molecule is COc1cc(/C=C/c2ccc(Cl)cc2)cc(OC)c1. The van der Waals surface area contributed by atoms with Gasteiger partial charge in [-0.05, 0) is 35.4 Å². The van der Waals surface area contributed by atoms with Crippen LogP contribution < -0.4 is 9.47 Å². The number of ether oxygens (including phenoxy) is 2. The highest BCUT2D eigenvalue weighted by Crippen LogP contribution is 2.24. The minimum absolute atomic E-state index is 0.736. The molecule has 0 unspecified atom stereocenters. The number of hydrogen-bond acceptors (Lipinski definition) is 2. The standard InChI is InChI=1S/C16H15ClO2/c1-18-15-9-13(10-16(11-15)19-2)4-3-12-5-7-14(17)8-6-12/h3-11H,1-2H3/b4-3+. The third-order valence-electron chi connectivity index (χ3n) is 2.71. The molecule has 0 atom stereocenters. The van der Waals surface area contributed by atoms with Crippen molar-refractivity contribution >= 4 is 23.8 Å². The minimum Gasteiger partial charge on any atom is -0.497 e. The van der Waals surface area contributed by atoms with Crippen LogP contribution in [0.5, 0.6) is 11.5 Å². The van der Waals surface area contributed by atoms with Crippen molar-refractivity contribution in [3.63, 3.8) is 0 Å². The van der Waals surface area contributed by atoms with E-state index in [1.165, 1.54) is 0 Å². The van der Waals surface area contributed by atoms with E-state index in [0.29, 0.717) is 0 Å². The number of hydrogen-bond donors (Lipinski definition) is 0. The summed E-state index contributed by atoms with van der Waals surface area (Å²) >= 11 is 5.85. The summed E-state index contributed by atoms with van der Waals surface area (Å²) in [5.74, 6) is 1.55. The lowest BCUT2D eigenvalue weighted by Gasteiger charge is -2.05. The number of halogens is 1. The Balaban J connectivity index is 2.24. The van der Waals surface area contributed by atoms with E-state index in [9.17, 15) is 0 Å². The Morgan fingerprint density at radius 1 is 0.789 bits per heavy atom. The van der Waals surface area contributed by atoms with Gasteiger partial charge in [-0.25, -0.2) is 0 Å². The molecular weight excluding hydrogens is 260 g/mol. The lowest BCUT2D eigenvalue weighted by atomic mass is 10.1. The largest absolute Gasteiger partial charge is 0.497 e. The van der Waals surface area contributed by atoms with Crippen LogP contribution in [0.1, 0.15) is 11.1 Å². The molecule has 2 nitrogen and oxygen atoms in total. The Bertz CT molecular complexity index is 552. The number of methoxy groups -OCH3 is 2. The summed E-state index contributed by atoms with van der Waals surface area (Å²) in [6.07, 6.45) is 4.03. The van der Waals surface area contributed by atoms with Gasteiger partial charge in [0.1, 0.15) is 11.5 Å². The second-order valence-electron chi connectivity index (χ2n) is 4.03. The molecule has 0 N–H and O–H groups in total. The Kier molecular flexibility index (Phi) is 4.48. The van der Waals surface area contributed by atoms with Crippen LogP contribution in [0.4, 0.5) is 0 Å². The molecule has 2 aromatic rings. The molecule has 0 aliphatic heterocycles. The summed E-state index contributed by atoms with van der Waals surface area (Å²) in [6.45, 7) is 0. The molecule has 0 aliphatic rings. The van der Waals surface area contributed by atoms with E-state index in [-0.39, 0.29) is 0 Å². The van der Waals surface area contributed by atoms with Crippen LogP contribution in [-0.2, 0) is 0 Å². The van der Waals surface area contributed by atoms with Gasteiger partial charge in [0, 0.05) is 11.1 Å². The molecule has 0 heterocycles. The van der Waals surface area contributed by atoms with Gasteiger partial charge in [0.05, 0.1) is 14.2 Å².